The van der Waals surface area contributed by atoms with E-state index in [4.69, 9.17) is 23.2 Å². The summed E-state index contributed by atoms with van der Waals surface area (Å²) in [5.41, 5.74) is 4.47. The van der Waals surface area contributed by atoms with E-state index in [1.165, 1.54) is 0 Å². The topological polar surface area (TPSA) is 61.4 Å². The number of carbonyl (C=O) groups excluding carboxylic acids is 2. The van der Waals surface area contributed by atoms with Crippen molar-refractivity contribution in [3.63, 3.8) is 0 Å². The first-order valence-electron chi connectivity index (χ1n) is 8.97. The molecule has 0 aliphatic carbocycles. The average molecular weight is 422 g/mol. The highest BCUT2D eigenvalue weighted by Crippen LogP contribution is 2.29. The zero-order chi connectivity index (χ0) is 20.8. The standard InChI is InChI=1S/C21H25Cl2N3O2/c1-13-10-14(2)20(15(3)11-13)25-19(28)12-26(4)9-8-18(27)24-21-16(22)6-5-7-17(21)23/h5-7,10-11H,8-9,12H2,1-4H3,(H,24,27)(H,25,28). The predicted molar refractivity (Wildman–Crippen MR) is 116 cm³/mol. The number of carbonyl (C=O) groups is 2. The fraction of sp³-hybridized carbons (Fsp3) is 0.333. The van der Waals surface area contributed by atoms with Crippen molar-refractivity contribution in [2.45, 2.75) is 27.2 Å². The van der Waals surface area contributed by atoms with Crippen molar-refractivity contribution < 1.29 is 9.59 Å². The SMILES string of the molecule is Cc1cc(C)c(NC(=O)CN(C)CCC(=O)Nc2c(Cl)cccc2Cl)c(C)c1. The average Bonchev–Trinajstić information content (AvgIpc) is 2.59. The third kappa shape index (κ3) is 6.23. The van der Waals surface area contributed by atoms with E-state index in [1.54, 1.807) is 30.1 Å². The maximum absolute atomic E-state index is 12.3. The molecule has 0 saturated carbocycles. The van der Waals surface area contributed by atoms with Crippen LogP contribution in [0, 0.1) is 20.8 Å². The van der Waals surface area contributed by atoms with Gasteiger partial charge in [0.15, 0.2) is 0 Å². The molecule has 0 spiro atoms. The van der Waals surface area contributed by atoms with E-state index in [9.17, 15) is 9.59 Å². The number of aryl methyl sites for hydroxylation is 3. The van der Waals surface area contributed by atoms with Crippen LogP contribution in [-0.2, 0) is 9.59 Å². The molecule has 0 radical (unpaired) electrons. The normalized spacial score (nSPS) is 10.8. The molecule has 0 heterocycles. The lowest BCUT2D eigenvalue weighted by Crippen LogP contribution is -2.32. The number of amides is 2. The molecule has 0 fully saturated rings. The number of nitrogens with zero attached hydrogens (tertiary/aromatic N) is 1. The lowest BCUT2D eigenvalue weighted by molar-refractivity contribution is -0.119. The minimum Gasteiger partial charge on any atom is -0.324 e. The lowest BCUT2D eigenvalue weighted by atomic mass is 10.1. The number of hydrogen-bond acceptors (Lipinski definition) is 3. The zero-order valence-corrected chi connectivity index (χ0v) is 18.0. The quantitative estimate of drug-likeness (QED) is 0.673. The van der Waals surface area contributed by atoms with Crippen molar-refractivity contribution >= 4 is 46.4 Å². The summed E-state index contributed by atoms with van der Waals surface area (Å²) in [6.07, 6.45) is 0.216. The van der Waals surface area contributed by atoms with Crippen molar-refractivity contribution in [2.75, 3.05) is 30.8 Å². The van der Waals surface area contributed by atoms with Crippen molar-refractivity contribution in [1.29, 1.82) is 0 Å². The molecule has 0 saturated heterocycles. The Hall–Kier alpha value is -2.08. The van der Waals surface area contributed by atoms with Crippen molar-refractivity contribution in [1.82, 2.24) is 4.90 Å². The van der Waals surface area contributed by atoms with Crippen LogP contribution in [0.25, 0.3) is 0 Å². The van der Waals surface area contributed by atoms with Crippen LogP contribution in [0.2, 0.25) is 10.0 Å². The molecule has 150 valence electrons. The summed E-state index contributed by atoms with van der Waals surface area (Å²) in [6, 6.07) is 9.11. The van der Waals surface area contributed by atoms with E-state index >= 15 is 0 Å². The van der Waals surface area contributed by atoms with E-state index in [-0.39, 0.29) is 24.8 Å². The number of likely N-dealkylation sites (N-methyl/N-ethyl adjacent to an activating group) is 1. The Balaban J connectivity index is 1.84. The van der Waals surface area contributed by atoms with Crippen molar-refractivity contribution in [2.24, 2.45) is 0 Å². The number of rotatable bonds is 7. The van der Waals surface area contributed by atoms with Gasteiger partial charge in [0, 0.05) is 18.7 Å². The first-order chi connectivity index (χ1) is 13.2. The van der Waals surface area contributed by atoms with Gasteiger partial charge in [-0.25, -0.2) is 0 Å². The fourth-order valence-electron chi connectivity index (χ4n) is 2.99. The van der Waals surface area contributed by atoms with Gasteiger partial charge in [-0.05, 0) is 51.1 Å². The molecule has 28 heavy (non-hydrogen) atoms. The number of benzene rings is 2. The Morgan fingerprint density at radius 3 is 2.04 bits per heavy atom. The molecule has 0 aliphatic rings. The Morgan fingerprint density at radius 2 is 1.46 bits per heavy atom. The Kier molecular flexibility index (Phi) is 7.87. The van der Waals surface area contributed by atoms with Crippen molar-refractivity contribution in [3.8, 4) is 0 Å². The fourth-order valence-corrected chi connectivity index (χ4v) is 3.48. The summed E-state index contributed by atoms with van der Waals surface area (Å²) < 4.78 is 0. The molecule has 2 amide bonds. The van der Waals surface area contributed by atoms with Crippen molar-refractivity contribution in [3.05, 3.63) is 57.1 Å². The molecule has 0 bridgehead atoms. The Morgan fingerprint density at radius 1 is 0.929 bits per heavy atom. The Labute approximate surface area is 176 Å². The van der Waals surface area contributed by atoms with Crippen LogP contribution in [0.1, 0.15) is 23.1 Å². The van der Waals surface area contributed by atoms with Gasteiger partial charge in [0.1, 0.15) is 0 Å². The van der Waals surface area contributed by atoms with Gasteiger partial charge in [0.2, 0.25) is 11.8 Å². The van der Waals surface area contributed by atoms with E-state index in [1.807, 2.05) is 32.9 Å². The second-order valence-electron chi connectivity index (χ2n) is 6.95. The molecular formula is C21H25Cl2N3O2. The van der Waals surface area contributed by atoms with Crippen LogP contribution in [0.4, 0.5) is 11.4 Å². The van der Waals surface area contributed by atoms with Gasteiger partial charge in [-0.3, -0.25) is 14.5 Å². The van der Waals surface area contributed by atoms with Crippen LogP contribution in [0.3, 0.4) is 0 Å². The summed E-state index contributed by atoms with van der Waals surface area (Å²) in [5, 5.41) is 6.45. The van der Waals surface area contributed by atoms with Crippen LogP contribution in [-0.4, -0.2) is 36.9 Å². The van der Waals surface area contributed by atoms with Crippen LogP contribution < -0.4 is 10.6 Å². The minimum absolute atomic E-state index is 0.118. The molecule has 7 heteroatoms. The molecule has 2 aromatic carbocycles. The number of nitrogens with one attached hydrogen (secondary N) is 2. The highest BCUT2D eigenvalue weighted by molar-refractivity contribution is 6.39. The van der Waals surface area contributed by atoms with E-state index in [0.29, 0.717) is 22.3 Å². The predicted octanol–water partition coefficient (Wildman–Crippen LogP) is 4.82. The van der Waals surface area contributed by atoms with Crippen LogP contribution in [0.15, 0.2) is 30.3 Å². The molecule has 2 rings (SSSR count). The number of anilines is 2. The van der Waals surface area contributed by atoms with Gasteiger partial charge in [-0.2, -0.15) is 0 Å². The smallest absolute Gasteiger partial charge is 0.238 e. The summed E-state index contributed by atoms with van der Waals surface area (Å²) in [6.45, 7) is 6.59. The number of halogens is 2. The monoisotopic (exact) mass is 421 g/mol. The number of hydrogen-bond donors (Lipinski definition) is 2. The Bertz CT molecular complexity index is 841. The molecule has 0 unspecified atom stereocenters. The molecule has 0 aromatic heterocycles. The second kappa shape index (κ2) is 9.92. The minimum atomic E-state index is -0.215. The maximum atomic E-state index is 12.3. The van der Waals surface area contributed by atoms with Crippen LogP contribution in [0.5, 0.6) is 0 Å². The molecule has 5 nitrogen and oxygen atoms in total. The summed E-state index contributed by atoms with van der Waals surface area (Å²) in [4.78, 5) is 26.3. The third-order valence-electron chi connectivity index (χ3n) is 4.30. The molecule has 0 atom stereocenters. The first kappa shape index (κ1) is 22.2. The van der Waals surface area contributed by atoms with Gasteiger partial charge < -0.3 is 10.6 Å². The van der Waals surface area contributed by atoms with Crippen LogP contribution >= 0.6 is 23.2 Å². The van der Waals surface area contributed by atoms with E-state index < -0.39 is 0 Å². The number of para-hydroxylation sites is 1. The highest BCUT2D eigenvalue weighted by atomic mass is 35.5. The summed E-state index contributed by atoms with van der Waals surface area (Å²) in [7, 11) is 1.80. The molecule has 0 aliphatic heterocycles. The van der Waals surface area contributed by atoms with E-state index in [2.05, 4.69) is 10.6 Å². The first-order valence-corrected chi connectivity index (χ1v) is 9.73. The lowest BCUT2D eigenvalue weighted by Gasteiger charge is -2.18. The third-order valence-corrected chi connectivity index (χ3v) is 4.93. The van der Waals surface area contributed by atoms with Gasteiger partial charge in [0.05, 0.1) is 22.3 Å². The van der Waals surface area contributed by atoms with Gasteiger partial charge in [-0.1, -0.05) is 47.0 Å². The van der Waals surface area contributed by atoms with E-state index in [0.717, 1.165) is 22.4 Å². The highest BCUT2D eigenvalue weighted by Gasteiger charge is 2.13. The van der Waals surface area contributed by atoms with Gasteiger partial charge in [0.25, 0.3) is 0 Å². The molecule has 2 N–H and O–H groups in total. The summed E-state index contributed by atoms with van der Waals surface area (Å²) in [5.74, 6) is -0.334. The van der Waals surface area contributed by atoms with Gasteiger partial charge in [-0.15, -0.1) is 0 Å². The molecular weight excluding hydrogens is 397 g/mol. The second-order valence-corrected chi connectivity index (χ2v) is 7.77. The zero-order valence-electron chi connectivity index (χ0n) is 16.5. The van der Waals surface area contributed by atoms with Gasteiger partial charge >= 0.3 is 0 Å². The largest absolute Gasteiger partial charge is 0.324 e. The maximum Gasteiger partial charge on any atom is 0.238 e. The summed E-state index contributed by atoms with van der Waals surface area (Å²) >= 11 is 12.1. The molecule has 2 aromatic rings.